The van der Waals surface area contributed by atoms with Gasteiger partial charge in [0.05, 0.1) is 12.2 Å². The molecule has 0 fully saturated rings. The van der Waals surface area contributed by atoms with Crippen molar-refractivity contribution in [3.05, 3.63) is 95.1 Å². The monoisotopic (exact) mass is 534 g/mol. The molecule has 3 aromatic rings. The molecule has 5 nitrogen and oxygen atoms in total. The van der Waals surface area contributed by atoms with Crippen LogP contribution >= 0.6 is 0 Å². The van der Waals surface area contributed by atoms with Crippen LogP contribution in [0.3, 0.4) is 0 Å². The summed E-state index contributed by atoms with van der Waals surface area (Å²) in [4.78, 5) is 12.1. The van der Waals surface area contributed by atoms with E-state index in [-0.39, 0.29) is 24.7 Å². The number of nitrogens with two attached hydrogens (primary N) is 2. The molecule has 4 N–H and O–H groups in total. The van der Waals surface area contributed by atoms with E-state index >= 15 is 0 Å². The largest absolute Gasteiger partial charge is 0.462 e. The maximum atomic E-state index is 14.6. The molecular weight excluding hydrogens is 507 g/mol. The van der Waals surface area contributed by atoms with Gasteiger partial charge in [-0.05, 0) is 65.6 Å². The second kappa shape index (κ2) is 12.0. The molecule has 0 spiro atoms. The molecule has 0 saturated carbocycles. The highest BCUT2D eigenvalue weighted by Gasteiger charge is 2.34. The molecule has 3 rings (SSSR count). The Morgan fingerprint density at radius 3 is 2.21 bits per heavy atom. The molecule has 0 bridgehead atoms. The molecule has 0 aliphatic heterocycles. The fraction of sp³-hybridized carbons (Fsp3) is 0.250. The predicted molar refractivity (Wildman–Crippen MR) is 135 cm³/mol. The van der Waals surface area contributed by atoms with Crippen LogP contribution in [0.1, 0.15) is 41.5 Å². The summed E-state index contributed by atoms with van der Waals surface area (Å²) < 4.78 is 76.2. The molecule has 1 atom stereocenters. The van der Waals surface area contributed by atoms with Gasteiger partial charge in [-0.25, -0.2) is 4.79 Å². The minimum atomic E-state index is -4.30. The molecule has 0 saturated heterocycles. The van der Waals surface area contributed by atoms with Gasteiger partial charge >= 0.3 is 18.3 Å². The summed E-state index contributed by atoms with van der Waals surface area (Å²) in [7, 11) is 0. The topological polar surface area (TPSA) is 87.6 Å². The average Bonchev–Trinajstić information content (AvgIpc) is 2.85. The molecule has 0 aromatic heterocycles. The van der Waals surface area contributed by atoms with Crippen LogP contribution in [0, 0.1) is 0 Å². The van der Waals surface area contributed by atoms with E-state index in [0.717, 1.165) is 17.7 Å². The highest BCUT2D eigenvalue weighted by molar-refractivity contribution is 5.87. The number of benzene rings is 3. The summed E-state index contributed by atoms with van der Waals surface area (Å²) >= 11 is 0. The molecule has 1 unspecified atom stereocenters. The SMILES string of the molecule is CC(COC(=O)/C=C/c1ccc(C(F)(F)Oc2ccc(CCC(F)(F)F)cc2)cc1)c1ccc(N)cc1N. The lowest BCUT2D eigenvalue weighted by Crippen LogP contribution is -2.21. The van der Waals surface area contributed by atoms with Crippen molar-refractivity contribution < 1.29 is 36.2 Å². The fourth-order valence-corrected chi connectivity index (χ4v) is 3.56. The Labute approximate surface area is 216 Å². The number of nitrogen functional groups attached to an aromatic ring is 2. The van der Waals surface area contributed by atoms with Crippen molar-refractivity contribution in [2.24, 2.45) is 0 Å². The number of carbonyl (C=O) groups excluding carboxylic acids is 1. The summed E-state index contributed by atoms with van der Waals surface area (Å²) in [6.45, 7) is 1.94. The fourth-order valence-electron chi connectivity index (χ4n) is 3.56. The van der Waals surface area contributed by atoms with Crippen molar-refractivity contribution in [3.63, 3.8) is 0 Å². The smallest absolute Gasteiger partial charge is 0.426 e. The summed E-state index contributed by atoms with van der Waals surface area (Å²) in [6.07, 6.45) is -6.63. The van der Waals surface area contributed by atoms with E-state index < -0.39 is 30.2 Å². The zero-order chi connectivity index (χ0) is 27.9. The van der Waals surface area contributed by atoms with Crippen molar-refractivity contribution in [2.45, 2.75) is 38.0 Å². The van der Waals surface area contributed by atoms with Crippen molar-refractivity contribution >= 4 is 23.4 Å². The van der Waals surface area contributed by atoms with E-state index in [2.05, 4.69) is 0 Å². The van der Waals surface area contributed by atoms with Gasteiger partial charge in [-0.2, -0.15) is 22.0 Å². The molecule has 38 heavy (non-hydrogen) atoms. The van der Waals surface area contributed by atoms with Crippen LogP contribution in [0.5, 0.6) is 5.75 Å². The normalized spacial score (nSPS) is 12.9. The van der Waals surface area contributed by atoms with Gasteiger partial charge in [0.1, 0.15) is 5.75 Å². The molecule has 202 valence electrons. The number of carbonyl (C=O) groups is 1. The highest BCUT2D eigenvalue weighted by atomic mass is 19.4. The summed E-state index contributed by atoms with van der Waals surface area (Å²) in [5, 5.41) is 0. The van der Waals surface area contributed by atoms with Crippen molar-refractivity contribution in [1.82, 2.24) is 0 Å². The Balaban J connectivity index is 1.53. The standard InChI is InChI=1S/C28H27F5N2O3/c1-18(24-12-9-22(34)16-25(24)35)17-37-26(36)13-6-19-2-7-21(8-3-19)28(32,33)38-23-10-4-20(5-11-23)14-15-27(29,30)31/h2-13,16,18H,14-15,17,34-35H2,1H3/b13-6+. The van der Waals surface area contributed by atoms with Gasteiger partial charge in [0.15, 0.2) is 0 Å². The van der Waals surface area contributed by atoms with E-state index in [1.807, 2.05) is 6.92 Å². The molecule has 0 radical (unpaired) electrons. The first-order chi connectivity index (χ1) is 17.8. The number of ether oxygens (including phenoxy) is 2. The van der Waals surface area contributed by atoms with Gasteiger partial charge in [-0.15, -0.1) is 0 Å². The van der Waals surface area contributed by atoms with Gasteiger partial charge in [0, 0.05) is 29.8 Å². The molecule has 0 aliphatic rings. The second-order valence-corrected chi connectivity index (χ2v) is 8.75. The van der Waals surface area contributed by atoms with Crippen molar-refractivity contribution in [2.75, 3.05) is 18.1 Å². The van der Waals surface area contributed by atoms with Gasteiger partial charge in [-0.3, -0.25) is 0 Å². The Kier molecular flexibility index (Phi) is 8.98. The molecule has 0 amide bonds. The number of hydrogen-bond donors (Lipinski definition) is 2. The van der Waals surface area contributed by atoms with Crippen LogP contribution in [-0.4, -0.2) is 18.8 Å². The number of aryl methyl sites for hydroxylation is 1. The first-order valence-electron chi connectivity index (χ1n) is 11.7. The molecule has 3 aromatic carbocycles. The highest BCUT2D eigenvalue weighted by Crippen LogP contribution is 2.32. The number of esters is 1. The van der Waals surface area contributed by atoms with Crippen LogP contribution in [0.25, 0.3) is 6.08 Å². The first-order valence-corrected chi connectivity index (χ1v) is 11.7. The van der Waals surface area contributed by atoms with Gasteiger partial charge < -0.3 is 20.9 Å². The lowest BCUT2D eigenvalue weighted by Gasteiger charge is -2.18. The second-order valence-electron chi connectivity index (χ2n) is 8.75. The number of anilines is 2. The number of halogens is 5. The molecular formula is C28H27F5N2O3. The maximum Gasteiger partial charge on any atom is 0.426 e. The quantitative estimate of drug-likeness (QED) is 0.129. The van der Waals surface area contributed by atoms with Crippen LogP contribution in [0.15, 0.2) is 72.8 Å². The Morgan fingerprint density at radius 2 is 1.61 bits per heavy atom. The van der Waals surface area contributed by atoms with Gasteiger partial charge in [-0.1, -0.05) is 37.3 Å². The zero-order valence-corrected chi connectivity index (χ0v) is 20.5. The lowest BCUT2D eigenvalue weighted by atomic mass is 10.00. The number of alkyl halides is 5. The van der Waals surface area contributed by atoms with Crippen LogP contribution in [-0.2, 0) is 22.1 Å². The minimum Gasteiger partial charge on any atom is -0.462 e. The predicted octanol–water partition coefficient (Wildman–Crippen LogP) is 6.83. The summed E-state index contributed by atoms with van der Waals surface area (Å²) in [5.74, 6) is -0.958. The third-order valence-corrected chi connectivity index (χ3v) is 5.64. The van der Waals surface area contributed by atoms with Gasteiger partial charge in [0.2, 0.25) is 0 Å². The third-order valence-electron chi connectivity index (χ3n) is 5.64. The van der Waals surface area contributed by atoms with E-state index in [1.165, 1.54) is 48.6 Å². The van der Waals surface area contributed by atoms with Crippen LogP contribution in [0.2, 0.25) is 0 Å². The third kappa shape index (κ3) is 8.50. The Hall–Kier alpha value is -4.08. The first kappa shape index (κ1) is 28.5. The van der Waals surface area contributed by atoms with E-state index in [9.17, 15) is 26.7 Å². The Bertz CT molecular complexity index is 1260. The minimum absolute atomic E-state index is 0.0864. The number of hydrogen-bond acceptors (Lipinski definition) is 5. The van der Waals surface area contributed by atoms with E-state index in [0.29, 0.717) is 22.5 Å². The average molecular weight is 535 g/mol. The van der Waals surface area contributed by atoms with Crippen molar-refractivity contribution in [3.8, 4) is 5.75 Å². The summed E-state index contributed by atoms with van der Waals surface area (Å²) in [5.41, 5.74) is 13.9. The van der Waals surface area contributed by atoms with Crippen LogP contribution < -0.4 is 16.2 Å². The molecule has 0 heterocycles. The van der Waals surface area contributed by atoms with Crippen LogP contribution in [0.4, 0.5) is 33.3 Å². The number of rotatable bonds is 10. The molecule has 10 heteroatoms. The van der Waals surface area contributed by atoms with E-state index in [4.69, 9.17) is 20.9 Å². The zero-order valence-electron chi connectivity index (χ0n) is 20.5. The summed E-state index contributed by atoms with van der Waals surface area (Å²) in [6, 6.07) is 15.2. The van der Waals surface area contributed by atoms with Crippen molar-refractivity contribution in [1.29, 1.82) is 0 Å². The molecule has 0 aliphatic carbocycles. The Morgan fingerprint density at radius 1 is 0.947 bits per heavy atom. The maximum absolute atomic E-state index is 14.6. The lowest BCUT2D eigenvalue weighted by molar-refractivity contribution is -0.185. The van der Waals surface area contributed by atoms with Gasteiger partial charge in [0.25, 0.3) is 0 Å². The van der Waals surface area contributed by atoms with E-state index in [1.54, 1.807) is 18.2 Å².